The molecule has 0 amide bonds. The van der Waals surface area contributed by atoms with Gasteiger partial charge in [-0.1, -0.05) is 22.0 Å². The van der Waals surface area contributed by atoms with Gasteiger partial charge in [-0.15, -0.1) is 0 Å². The lowest BCUT2D eigenvalue weighted by Crippen LogP contribution is -2.31. The highest BCUT2D eigenvalue weighted by atomic mass is 79.9. The molecule has 0 heterocycles. The maximum atomic E-state index is 9.60. The largest absolute Gasteiger partial charge is 0.389 e. The van der Waals surface area contributed by atoms with Crippen LogP contribution in [0.15, 0.2) is 22.7 Å². The second-order valence-corrected chi connectivity index (χ2v) is 5.43. The van der Waals surface area contributed by atoms with Crippen molar-refractivity contribution in [1.29, 1.82) is 5.26 Å². The third kappa shape index (κ3) is 3.72. The Morgan fingerprint density at radius 3 is 2.50 bits per heavy atom. The van der Waals surface area contributed by atoms with Gasteiger partial charge in [0.2, 0.25) is 0 Å². The summed E-state index contributed by atoms with van der Waals surface area (Å²) >= 11 is 3.48. The number of hydrogen-bond acceptors (Lipinski definition) is 3. The van der Waals surface area contributed by atoms with Crippen LogP contribution in [0.4, 0.5) is 5.69 Å². The Hall–Kier alpha value is -1.05. The Labute approximate surface area is 117 Å². The summed E-state index contributed by atoms with van der Waals surface area (Å²) < 4.78 is 0.901. The number of aliphatic hydroxyl groups is 1. The molecule has 0 unspecified atom stereocenters. The van der Waals surface area contributed by atoms with Gasteiger partial charge < -0.3 is 10.0 Å². The summed E-state index contributed by atoms with van der Waals surface area (Å²) in [6.07, 6.45) is 0.0218. The van der Waals surface area contributed by atoms with E-state index in [2.05, 4.69) is 40.7 Å². The highest BCUT2D eigenvalue weighted by Gasteiger charge is 2.13. The van der Waals surface area contributed by atoms with E-state index in [4.69, 9.17) is 5.26 Å². The number of rotatable bonds is 5. The molecule has 0 aliphatic rings. The first-order chi connectivity index (χ1) is 8.47. The van der Waals surface area contributed by atoms with Gasteiger partial charge in [0.1, 0.15) is 0 Å². The Balaban J connectivity index is 3.00. The summed E-state index contributed by atoms with van der Waals surface area (Å²) in [7, 11) is 0. The molecule has 0 spiro atoms. The number of halogens is 1. The van der Waals surface area contributed by atoms with Crippen molar-refractivity contribution < 1.29 is 5.11 Å². The first-order valence-corrected chi connectivity index (χ1v) is 6.87. The topological polar surface area (TPSA) is 47.3 Å². The fourth-order valence-corrected chi connectivity index (χ4v) is 2.59. The van der Waals surface area contributed by atoms with E-state index in [0.717, 1.165) is 15.7 Å². The average Bonchev–Trinajstić information content (AvgIpc) is 2.28. The predicted molar refractivity (Wildman–Crippen MR) is 77.5 cm³/mol. The first kappa shape index (κ1) is 15.0. The molecule has 0 radical (unpaired) electrons. The molecule has 1 aromatic carbocycles. The van der Waals surface area contributed by atoms with Crippen molar-refractivity contribution in [2.24, 2.45) is 0 Å². The van der Waals surface area contributed by atoms with Crippen molar-refractivity contribution in [3.63, 3.8) is 0 Å². The normalized spacial score (nSPS) is 12.3. The van der Waals surface area contributed by atoms with E-state index in [9.17, 15) is 5.11 Å². The monoisotopic (exact) mass is 310 g/mol. The van der Waals surface area contributed by atoms with Gasteiger partial charge in [0, 0.05) is 22.7 Å². The van der Waals surface area contributed by atoms with Gasteiger partial charge in [-0.05, 0) is 38.5 Å². The highest BCUT2D eigenvalue weighted by molar-refractivity contribution is 9.10. The zero-order valence-corrected chi connectivity index (χ0v) is 12.6. The van der Waals surface area contributed by atoms with E-state index >= 15 is 0 Å². The van der Waals surface area contributed by atoms with Crippen LogP contribution in [0.3, 0.4) is 0 Å². The molecule has 4 heteroatoms. The van der Waals surface area contributed by atoms with Gasteiger partial charge in [-0.25, -0.2) is 0 Å². The van der Waals surface area contributed by atoms with Crippen molar-refractivity contribution in [3.8, 4) is 6.07 Å². The molecule has 0 aromatic heterocycles. The minimum atomic E-state index is -0.486. The molecule has 18 heavy (non-hydrogen) atoms. The summed E-state index contributed by atoms with van der Waals surface area (Å²) in [5, 5.41) is 18.3. The molecule has 0 saturated carbocycles. The van der Waals surface area contributed by atoms with Gasteiger partial charge in [0.15, 0.2) is 0 Å². The second-order valence-electron chi connectivity index (χ2n) is 4.58. The third-order valence-corrected chi connectivity index (χ3v) is 3.54. The van der Waals surface area contributed by atoms with Crippen molar-refractivity contribution in [3.05, 3.63) is 28.2 Å². The summed E-state index contributed by atoms with van der Waals surface area (Å²) in [5.41, 5.74) is 1.94. The van der Waals surface area contributed by atoms with Crippen LogP contribution >= 0.6 is 15.9 Å². The fourth-order valence-electron chi connectivity index (χ4n) is 1.89. The lowest BCUT2D eigenvalue weighted by molar-refractivity contribution is 0.198. The van der Waals surface area contributed by atoms with E-state index in [1.165, 1.54) is 0 Å². The van der Waals surface area contributed by atoms with E-state index in [1.807, 2.05) is 18.2 Å². The number of nitriles is 1. The summed E-state index contributed by atoms with van der Waals surface area (Å²) in [5.74, 6) is 0. The van der Waals surface area contributed by atoms with E-state index in [1.54, 1.807) is 6.92 Å². The summed E-state index contributed by atoms with van der Waals surface area (Å²) in [4.78, 5) is 2.18. The Morgan fingerprint density at radius 1 is 1.39 bits per heavy atom. The standard InChI is InChI=1S/C14H19BrN2O/c1-10(2)17(8-4-7-16)12-5-6-13(11(3)18)14(15)9-12/h5-6,9-11,18H,4,8H2,1-3H3/t11-/m0/s1. The molecule has 0 aliphatic heterocycles. The third-order valence-electron chi connectivity index (χ3n) is 2.85. The van der Waals surface area contributed by atoms with Gasteiger partial charge in [-0.3, -0.25) is 0 Å². The van der Waals surface area contributed by atoms with Crippen LogP contribution in [0.2, 0.25) is 0 Å². The number of aliphatic hydroxyl groups excluding tert-OH is 1. The molecule has 1 N–H and O–H groups in total. The van der Waals surface area contributed by atoms with Crippen molar-refractivity contribution >= 4 is 21.6 Å². The zero-order chi connectivity index (χ0) is 13.7. The summed E-state index contributed by atoms with van der Waals surface area (Å²) in [6, 6.07) is 8.42. The maximum Gasteiger partial charge on any atom is 0.0772 e. The lowest BCUT2D eigenvalue weighted by atomic mass is 10.1. The minimum absolute atomic E-state index is 0.336. The molecule has 1 aromatic rings. The molecule has 3 nitrogen and oxygen atoms in total. The lowest BCUT2D eigenvalue weighted by Gasteiger charge is -2.28. The van der Waals surface area contributed by atoms with Crippen LogP contribution in [0.25, 0.3) is 0 Å². The molecule has 0 bridgehead atoms. The number of benzene rings is 1. The number of nitrogens with zero attached hydrogens (tertiary/aromatic N) is 2. The Morgan fingerprint density at radius 2 is 2.06 bits per heavy atom. The molecule has 0 aliphatic carbocycles. The van der Waals surface area contributed by atoms with Crippen LogP contribution in [0.5, 0.6) is 0 Å². The van der Waals surface area contributed by atoms with E-state index in [0.29, 0.717) is 19.0 Å². The van der Waals surface area contributed by atoms with Gasteiger partial charge in [-0.2, -0.15) is 5.26 Å². The van der Waals surface area contributed by atoms with Gasteiger partial charge >= 0.3 is 0 Å². The first-order valence-electron chi connectivity index (χ1n) is 6.08. The molecular formula is C14H19BrN2O. The SMILES string of the molecule is CC(C)N(CCC#N)c1ccc([C@H](C)O)c(Br)c1. The average molecular weight is 311 g/mol. The van der Waals surface area contributed by atoms with Crippen LogP contribution in [-0.2, 0) is 0 Å². The smallest absolute Gasteiger partial charge is 0.0772 e. The van der Waals surface area contributed by atoms with Gasteiger partial charge in [0.05, 0.1) is 18.6 Å². The Bertz CT molecular complexity index is 438. The molecule has 1 atom stereocenters. The molecule has 1 rings (SSSR count). The van der Waals surface area contributed by atoms with E-state index in [-0.39, 0.29) is 0 Å². The zero-order valence-electron chi connectivity index (χ0n) is 11.0. The molecule has 98 valence electrons. The highest BCUT2D eigenvalue weighted by Crippen LogP contribution is 2.29. The van der Waals surface area contributed by atoms with Crippen LogP contribution in [0, 0.1) is 11.3 Å². The van der Waals surface area contributed by atoms with Gasteiger partial charge in [0.25, 0.3) is 0 Å². The quantitative estimate of drug-likeness (QED) is 0.903. The van der Waals surface area contributed by atoms with Crippen molar-refractivity contribution in [1.82, 2.24) is 0 Å². The van der Waals surface area contributed by atoms with E-state index < -0.39 is 6.10 Å². The number of hydrogen-bond donors (Lipinski definition) is 1. The van der Waals surface area contributed by atoms with Crippen LogP contribution in [-0.4, -0.2) is 17.7 Å². The predicted octanol–water partition coefficient (Wildman–Crippen LogP) is 3.63. The molecule has 0 fully saturated rings. The van der Waals surface area contributed by atoms with Crippen molar-refractivity contribution in [2.45, 2.75) is 39.3 Å². The maximum absolute atomic E-state index is 9.60. The molecule has 0 saturated heterocycles. The van der Waals surface area contributed by atoms with Crippen molar-refractivity contribution in [2.75, 3.05) is 11.4 Å². The Kier molecular flexibility index (Phi) is 5.64. The minimum Gasteiger partial charge on any atom is -0.389 e. The second kappa shape index (κ2) is 6.77. The summed E-state index contributed by atoms with van der Waals surface area (Å²) in [6.45, 7) is 6.67. The molecular weight excluding hydrogens is 292 g/mol. The van der Waals surface area contributed by atoms with Crippen LogP contribution < -0.4 is 4.90 Å². The fraction of sp³-hybridized carbons (Fsp3) is 0.500. The van der Waals surface area contributed by atoms with Crippen LogP contribution in [0.1, 0.15) is 38.9 Å². The number of anilines is 1.